The number of carbonyl (C=O) groups excluding carboxylic acids is 1. The van der Waals surface area contributed by atoms with Crippen LogP contribution in [0.5, 0.6) is 0 Å². The molecular weight excluding hydrogens is 442 g/mol. The highest BCUT2D eigenvalue weighted by Gasteiger charge is 2.19. The third-order valence-electron chi connectivity index (χ3n) is 5.14. The van der Waals surface area contributed by atoms with E-state index in [9.17, 15) is 4.79 Å². The number of fused-ring (bicyclic) bond motifs is 1. The van der Waals surface area contributed by atoms with Gasteiger partial charge < -0.3 is 16.0 Å². The van der Waals surface area contributed by atoms with Gasteiger partial charge in [-0.1, -0.05) is 31.9 Å². The number of imidazole rings is 1. The van der Waals surface area contributed by atoms with E-state index < -0.39 is 0 Å². The van der Waals surface area contributed by atoms with Crippen LogP contribution in [0.4, 0.5) is 23.0 Å². The average Bonchev–Trinajstić information content (AvgIpc) is 3.39. The van der Waals surface area contributed by atoms with Crippen molar-refractivity contribution in [1.29, 1.82) is 0 Å². The van der Waals surface area contributed by atoms with Crippen LogP contribution in [0.1, 0.15) is 43.6 Å². The first-order valence-corrected chi connectivity index (χ1v) is 11.2. The molecule has 4 heterocycles. The molecule has 0 bridgehead atoms. The molecule has 4 aromatic rings. The predicted molar refractivity (Wildman–Crippen MR) is 129 cm³/mol. The minimum absolute atomic E-state index is 0.266. The van der Waals surface area contributed by atoms with Crippen molar-refractivity contribution in [3.8, 4) is 0 Å². The Bertz CT molecular complexity index is 1270. The number of anilines is 4. The number of aromatic nitrogens is 6. The van der Waals surface area contributed by atoms with Gasteiger partial charge in [0, 0.05) is 43.3 Å². The second-order valence-corrected chi connectivity index (χ2v) is 8.07. The molecule has 4 aromatic heterocycles. The van der Waals surface area contributed by atoms with Crippen LogP contribution in [0.2, 0.25) is 5.15 Å². The third-order valence-corrected chi connectivity index (χ3v) is 5.35. The minimum Gasteiger partial charge on any atom is -0.366 e. The lowest BCUT2D eigenvalue weighted by atomic mass is 10.1. The molecule has 0 radical (unpaired) electrons. The average molecular weight is 468 g/mol. The smallest absolute Gasteiger partial charge is 0.276 e. The lowest BCUT2D eigenvalue weighted by Crippen LogP contribution is -2.21. The summed E-state index contributed by atoms with van der Waals surface area (Å²) in [6.45, 7) is 4.29. The molecule has 0 fully saturated rings. The molecule has 4 rings (SSSR count). The summed E-state index contributed by atoms with van der Waals surface area (Å²) in [5.74, 6) is 0.941. The molecule has 10 nitrogen and oxygen atoms in total. The van der Waals surface area contributed by atoms with E-state index in [1.807, 2.05) is 25.4 Å². The van der Waals surface area contributed by atoms with E-state index in [4.69, 9.17) is 11.6 Å². The van der Waals surface area contributed by atoms with E-state index in [0.717, 1.165) is 19.3 Å². The first-order chi connectivity index (χ1) is 16.0. The molecule has 1 amide bonds. The molecule has 172 valence electrons. The molecule has 0 saturated carbocycles. The Hall–Kier alpha value is -3.66. The van der Waals surface area contributed by atoms with Crippen molar-refractivity contribution in [2.45, 2.75) is 39.2 Å². The van der Waals surface area contributed by atoms with Crippen molar-refractivity contribution in [3.63, 3.8) is 0 Å². The topological polar surface area (TPSA) is 114 Å². The van der Waals surface area contributed by atoms with Crippen molar-refractivity contribution in [2.24, 2.45) is 7.05 Å². The first kappa shape index (κ1) is 22.5. The van der Waals surface area contributed by atoms with Gasteiger partial charge in [-0.25, -0.2) is 14.5 Å². The van der Waals surface area contributed by atoms with Crippen molar-refractivity contribution < 1.29 is 4.79 Å². The molecule has 1 atom stereocenters. The van der Waals surface area contributed by atoms with Gasteiger partial charge in [0.2, 0.25) is 0 Å². The number of nitrogens with zero attached hydrogens (tertiary/aromatic N) is 6. The van der Waals surface area contributed by atoms with E-state index in [2.05, 4.69) is 50.0 Å². The molecule has 0 saturated heterocycles. The molecular formula is C22H26ClN9O. The fraction of sp³-hybridized carbons (Fsp3) is 0.318. The molecule has 3 N–H and O–H groups in total. The van der Waals surface area contributed by atoms with Crippen molar-refractivity contribution in [3.05, 3.63) is 53.7 Å². The zero-order valence-electron chi connectivity index (χ0n) is 18.7. The van der Waals surface area contributed by atoms with Gasteiger partial charge in [0.05, 0.1) is 11.9 Å². The maximum atomic E-state index is 13.0. The molecule has 11 heteroatoms. The fourth-order valence-corrected chi connectivity index (χ4v) is 3.69. The molecule has 33 heavy (non-hydrogen) atoms. The monoisotopic (exact) mass is 467 g/mol. The first-order valence-electron chi connectivity index (χ1n) is 10.8. The van der Waals surface area contributed by atoms with Crippen LogP contribution in [0, 0.1) is 0 Å². The van der Waals surface area contributed by atoms with Crippen molar-refractivity contribution in [2.75, 3.05) is 16.0 Å². The highest BCUT2D eigenvalue weighted by atomic mass is 35.5. The number of rotatable bonds is 9. The molecule has 1 unspecified atom stereocenters. The number of aryl methyl sites for hydroxylation is 1. The Morgan fingerprint density at radius 1 is 1.15 bits per heavy atom. The second-order valence-electron chi connectivity index (χ2n) is 7.68. The number of pyridine rings is 1. The van der Waals surface area contributed by atoms with Crippen LogP contribution in [0.3, 0.4) is 0 Å². The summed E-state index contributed by atoms with van der Waals surface area (Å²) in [7, 11) is 1.85. The SMILES string of the molecule is CCCC(CC)Nc1cc(Nc2ccn(C)n2)c2ncc(C(=O)Nc3ccnc(Cl)c3)n2n1. The van der Waals surface area contributed by atoms with Gasteiger partial charge in [-0.3, -0.25) is 9.48 Å². The largest absolute Gasteiger partial charge is 0.366 e. The Labute approximate surface area is 196 Å². The van der Waals surface area contributed by atoms with Crippen LogP contribution < -0.4 is 16.0 Å². The van der Waals surface area contributed by atoms with E-state index in [1.54, 1.807) is 16.8 Å². The van der Waals surface area contributed by atoms with Gasteiger partial charge in [-0.15, -0.1) is 5.10 Å². The molecule has 0 aliphatic rings. The fourth-order valence-electron chi connectivity index (χ4n) is 3.52. The predicted octanol–water partition coefficient (Wildman–Crippen LogP) is 4.50. The molecule has 0 spiro atoms. The highest BCUT2D eigenvalue weighted by Crippen LogP contribution is 2.25. The van der Waals surface area contributed by atoms with Gasteiger partial charge in [-0.05, 0) is 25.0 Å². The van der Waals surface area contributed by atoms with E-state index in [1.165, 1.54) is 16.9 Å². The number of halogens is 1. The maximum Gasteiger partial charge on any atom is 0.276 e. The zero-order chi connectivity index (χ0) is 23.4. The van der Waals surface area contributed by atoms with E-state index >= 15 is 0 Å². The van der Waals surface area contributed by atoms with Crippen LogP contribution >= 0.6 is 11.6 Å². The zero-order valence-corrected chi connectivity index (χ0v) is 19.5. The van der Waals surface area contributed by atoms with Gasteiger partial charge in [0.15, 0.2) is 17.2 Å². The summed E-state index contributed by atoms with van der Waals surface area (Å²) in [6.07, 6.45) is 7.89. The lowest BCUT2D eigenvalue weighted by molar-refractivity contribution is 0.102. The third kappa shape index (κ3) is 5.23. The lowest BCUT2D eigenvalue weighted by Gasteiger charge is -2.18. The van der Waals surface area contributed by atoms with E-state index in [0.29, 0.717) is 33.8 Å². The van der Waals surface area contributed by atoms with Gasteiger partial charge in [-0.2, -0.15) is 5.10 Å². The van der Waals surface area contributed by atoms with Gasteiger partial charge in [0.25, 0.3) is 5.91 Å². The second kappa shape index (κ2) is 9.86. The van der Waals surface area contributed by atoms with Crippen LogP contribution in [0.15, 0.2) is 42.9 Å². The molecule has 0 aromatic carbocycles. The molecule has 0 aliphatic heterocycles. The Kier molecular flexibility index (Phi) is 6.74. The Morgan fingerprint density at radius 2 is 2.00 bits per heavy atom. The normalized spacial score (nSPS) is 12.0. The van der Waals surface area contributed by atoms with Crippen LogP contribution in [0.25, 0.3) is 5.65 Å². The Balaban J connectivity index is 1.72. The molecule has 0 aliphatic carbocycles. The van der Waals surface area contributed by atoms with Gasteiger partial charge in [0.1, 0.15) is 11.0 Å². The van der Waals surface area contributed by atoms with E-state index in [-0.39, 0.29) is 17.6 Å². The number of amides is 1. The summed E-state index contributed by atoms with van der Waals surface area (Å²) >= 11 is 5.94. The summed E-state index contributed by atoms with van der Waals surface area (Å²) in [5, 5.41) is 18.9. The number of hydrogen-bond acceptors (Lipinski definition) is 7. The summed E-state index contributed by atoms with van der Waals surface area (Å²) in [4.78, 5) is 21.4. The summed E-state index contributed by atoms with van der Waals surface area (Å²) < 4.78 is 3.24. The maximum absolute atomic E-state index is 13.0. The summed E-state index contributed by atoms with van der Waals surface area (Å²) in [5.41, 5.74) is 2.01. The van der Waals surface area contributed by atoms with Crippen LogP contribution in [-0.2, 0) is 7.05 Å². The van der Waals surface area contributed by atoms with Crippen molar-refractivity contribution in [1.82, 2.24) is 29.4 Å². The number of carbonyl (C=O) groups is 1. The van der Waals surface area contributed by atoms with Crippen molar-refractivity contribution >= 4 is 46.2 Å². The standard InChI is InChI=1S/C22H26ClN9O/c1-4-6-14(5-2)26-20-12-16(28-19-8-10-31(3)29-19)21-25-13-17(32(21)30-20)22(33)27-15-7-9-24-18(23)11-15/h7-14H,4-6H2,1-3H3,(H,26,30)(H,28,29)(H,24,27,33). The van der Waals surface area contributed by atoms with Gasteiger partial charge >= 0.3 is 0 Å². The summed E-state index contributed by atoms with van der Waals surface area (Å²) in [6, 6.07) is 7.26. The highest BCUT2D eigenvalue weighted by molar-refractivity contribution is 6.29. The van der Waals surface area contributed by atoms with Crippen LogP contribution in [-0.4, -0.2) is 41.3 Å². The quantitative estimate of drug-likeness (QED) is 0.310. The Morgan fingerprint density at radius 3 is 2.70 bits per heavy atom. The minimum atomic E-state index is -0.362. The number of hydrogen-bond donors (Lipinski definition) is 3. The number of nitrogens with one attached hydrogen (secondary N) is 3.